The van der Waals surface area contributed by atoms with Crippen LogP contribution >= 0.6 is 15.9 Å². The maximum absolute atomic E-state index is 4.40. The number of hydrogen-bond donors (Lipinski definition) is 2. The molecule has 0 aliphatic rings. The summed E-state index contributed by atoms with van der Waals surface area (Å²) in [5, 5.41) is 14.4. The van der Waals surface area contributed by atoms with E-state index in [-0.39, 0.29) is 0 Å². The van der Waals surface area contributed by atoms with Crippen molar-refractivity contribution in [3.05, 3.63) is 34.4 Å². The molecule has 2 N–H and O–H groups in total. The number of anilines is 3. The van der Waals surface area contributed by atoms with Gasteiger partial charge < -0.3 is 10.6 Å². The van der Waals surface area contributed by atoms with E-state index in [9.17, 15) is 0 Å². The molecule has 0 atom stereocenters. The van der Waals surface area contributed by atoms with Crippen molar-refractivity contribution in [1.29, 1.82) is 0 Å². The minimum atomic E-state index is 0.497. The average molecular weight is 336 g/mol. The summed E-state index contributed by atoms with van der Waals surface area (Å²) in [4.78, 5) is 4.40. The van der Waals surface area contributed by atoms with E-state index in [4.69, 9.17) is 0 Å². The van der Waals surface area contributed by atoms with Gasteiger partial charge >= 0.3 is 0 Å². The van der Waals surface area contributed by atoms with E-state index in [1.165, 1.54) is 0 Å². The predicted molar refractivity (Wildman–Crippen MR) is 85.4 cm³/mol. The van der Waals surface area contributed by atoms with Gasteiger partial charge in [0.15, 0.2) is 5.82 Å². The fourth-order valence-corrected chi connectivity index (χ4v) is 2.20. The Balaban J connectivity index is 2.07. The number of hydrogen-bond acceptors (Lipinski definition) is 5. The first-order valence-electron chi connectivity index (χ1n) is 6.66. The van der Waals surface area contributed by atoms with Crippen LogP contribution in [0.2, 0.25) is 0 Å². The zero-order valence-electron chi connectivity index (χ0n) is 11.7. The Morgan fingerprint density at radius 3 is 2.90 bits per heavy atom. The van der Waals surface area contributed by atoms with Gasteiger partial charge in [-0.05, 0) is 37.1 Å². The van der Waals surface area contributed by atoms with Crippen LogP contribution in [0.5, 0.6) is 0 Å². The summed E-state index contributed by atoms with van der Waals surface area (Å²) in [6.07, 6.45) is 3.89. The summed E-state index contributed by atoms with van der Waals surface area (Å²) < 4.78 is 1.05. The number of unbranched alkanes of at least 4 members (excludes halogenated alkanes) is 1. The number of benzene rings is 1. The van der Waals surface area contributed by atoms with Gasteiger partial charge in [0.2, 0.25) is 5.95 Å². The molecule has 0 fully saturated rings. The average Bonchev–Trinajstić information content (AvgIpc) is 2.43. The predicted octanol–water partition coefficient (Wildman–Crippen LogP) is 3.90. The van der Waals surface area contributed by atoms with Crippen LogP contribution in [0.25, 0.3) is 0 Å². The highest BCUT2D eigenvalue weighted by molar-refractivity contribution is 9.10. The molecule has 1 aromatic carbocycles. The largest absolute Gasteiger partial charge is 0.369 e. The monoisotopic (exact) mass is 335 g/mol. The molecule has 0 amide bonds. The molecular weight excluding hydrogens is 318 g/mol. The fourth-order valence-electron chi connectivity index (χ4n) is 1.72. The second-order valence-corrected chi connectivity index (χ2v) is 5.45. The highest BCUT2D eigenvalue weighted by Crippen LogP contribution is 2.22. The van der Waals surface area contributed by atoms with Gasteiger partial charge in [-0.1, -0.05) is 29.3 Å². The van der Waals surface area contributed by atoms with Crippen LogP contribution in [0.15, 0.2) is 28.9 Å². The number of aromatic nitrogens is 3. The first kappa shape index (κ1) is 14.7. The van der Waals surface area contributed by atoms with Gasteiger partial charge in [0, 0.05) is 16.7 Å². The number of aryl methyl sites for hydroxylation is 1. The maximum Gasteiger partial charge on any atom is 0.249 e. The molecule has 5 nitrogen and oxygen atoms in total. The minimum absolute atomic E-state index is 0.497. The topological polar surface area (TPSA) is 62.7 Å². The normalized spacial score (nSPS) is 10.3. The van der Waals surface area contributed by atoms with Crippen molar-refractivity contribution < 1.29 is 0 Å². The van der Waals surface area contributed by atoms with Crippen LogP contribution in [0.1, 0.15) is 25.3 Å². The van der Waals surface area contributed by atoms with Gasteiger partial charge in [0.1, 0.15) is 0 Å². The van der Waals surface area contributed by atoms with Crippen molar-refractivity contribution in [1.82, 2.24) is 15.2 Å². The van der Waals surface area contributed by atoms with E-state index < -0.39 is 0 Å². The van der Waals surface area contributed by atoms with E-state index in [1.54, 1.807) is 6.20 Å². The summed E-state index contributed by atoms with van der Waals surface area (Å²) >= 11 is 3.45. The number of nitrogens with one attached hydrogen (secondary N) is 2. The van der Waals surface area contributed by atoms with Crippen molar-refractivity contribution >= 4 is 33.4 Å². The van der Waals surface area contributed by atoms with Crippen LogP contribution in [-0.4, -0.2) is 21.7 Å². The lowest BCUT2D eigenvalue weighted by Gasteiger charge is -2.09. The van der Waals surface area contributed by atoms with Gasteiger partial charge in [0.05, 0.1) is 6.20 Å². The molecule has 1 aromatic heterocycles. The third kappa shape index (κ3) is 4.16. The van der Waals surface area contributed by atoms with Crippen LogP contribution in [-0.2, 0) is 0 Å². The maximum atomic E-state index is 4.40. The smallest absolute Gasteiger partial charge is 0.249 e. The Hall–Kier alpha value is -1.69. The van der Waals surface area contributed by atoms with Crippen LogP contribution in [0.3, 0.4) is 0 Å². The van der Waals surface area contributed by atoms with Crippen LogP contribution < -0.4 is 10.6 Å². The number of rotatable bonds is 6. The molecule has 0 unspecified atom stereocenters. The van der Waals surface area contributed by atoms with Gasteiger partial charge in [-0.2, -0.15) is 10.1 Å². The molecule has 0 bridgehead atoms. The Morgan fingerprint density at radius 2 is 2.15 bits per heavy atom. The zero-order chi connectivity index (χ0) is 14.4. The van der Waals surface area contributed by atoms with Gasteiger partial charge in [0.25, 0.3) is 0 Å². The Labute approximate surface area is 127 Å². The van der Waals surface area contributed by atoms with Crippen molar-refractivity contribution in [3.8, 4) is 0 Å². The Morgan fingerprint density at radius 1 is 1.30 bits per heavy atom. The molecule has 106 valence electrons. The summed E-state index contributed by atoms with van der Waals surface area (Å²) in [6.45, 7) is 5.08. The van der Waals surface area contributed by atoms with E-state index in [0.717, 1.165) is 40.9 Å². The Kier molecular flexibility index (Phi) is 5.29. The Bertz CT molecular complexity index is 573. The van der Waals surface area contributed by atoms with Crippen molar-refractivity contribution in [2.24, 2.45) is 0 Å². The molecule has 0 saturated carbocycles. The van der Waals surface area contributed by atoms with Crippen molar-refractivity contribution in [2.75, 3.05) is 17.2 Å². The van der Waals surface area contributed by atoms with E-state index >= 15 is 0 Å². The number of halogens is 1. The van der Waals surface area contributed by atoms with Gasteiger partial charge in [-0.25, -0.2) is 0 Å². The molecule has 20 heavy (non-hydrogen) atoms. The first-order chi connectivity index (χ1) is 9.69. The molecule has 6 heteroatoms. The summed E-state index contributed by atoms with van der Waals surface area (Å²) in [6, 6.07) is 6.01. The van der Waals surface area contributed by atoms with Crippen LogP contribution in [0, 0.1) is 6.92 Å². The minimum Gasteiger partial charge on any atom is -0.369 e. The second kappa shape index (κ2) is 7.19. The highest BCUT2D eigenvalue weighted by Gasteiger charge is 2.03. The van der Waals surface area contributed by atoms with Crippen molar-refractivity contribution in [3.63, 3.8) is 0 Å². The molecule has 0 spiro atoms. The lowest BCUT2D eigenvalue weighted by Crippen LogP contribution is -2.07. The van der Waals surface area contributed by atoms with Gasteiger partial charge in [-0.3, -0.25) is 0 Å². The van der Waals surface area contributed by atoms with Crippen LogP contribution in [0.4, 0.5) is 17.5 Å². The first-order valence-corrected chi connectivity index (χ1v) is 7.45. The summed E-state index contributed by atoms with van der Waals surface area (Å²) in [5.74, 6) is 1.24. The standard InChI is InChI=1S/C14H18BrN5/c1-3-4-7-16-13-9-17-20-14(19-13)18-12-6-5-11(15)8-10(12)2/h5-6,8-9H,3-4,7H2,1-2H3,(H2,16,18,19,20). The molecule has 0 aliphatic carbocycles. The summed E-state index contributed by atoms with van der Waals surface area (Å²) in [5.41, 5.74) is 2.09. The third-order valence-electron chi connectivity index (χ3n) is 2.83. The highest BCUT2D eigenvalue weighted by atomic mass is 79.9. The fraction of sp³-hybridized carbons (Fsp3) is 0.357. The van der Waals surface area contributed by atoms with E-state index in [2.05, 4.69) is 48.7 Å². The SMILES string of the molecule is CCCCNc1cnnc(Nc2ccc(Br)cc2C)n1. The lowest BCUT2D eigenvalue weighted by molar-refractivity contribution is 0.827. The zero-order valence-corrected chi connectivity index (χ0v) is 13.2. The van der Waals surface area contributed by atoms with Crippen molar-refractivity contribution in [2.45, 2.75) is 26.7 Å². The molecule has 0 radical (unpaired) electrons. The molecule has 2 rings (SSSR count). The summed E-state index contributed by atoms with van der Waals surface area (Å²) in [7, 11) is 0. The van der Waals surface area contributed by atoms with E-state index in [0.29, 0.717) is 5.95 Å². The molecule has 1 heterocycles. The van der Waals surface area contributed by atoms with Gasteiger partial charge in [-0.15, -0.1) is 5.10 Å². The third-order valence-corrected chi connectivity index (χ3v) is 3.32. The second-order valence-electron chi connectivity index (χ2n) is 4.53. The quantitative estimate of drug-likeness (QED) is 0.784. The van der Waals surface area contributed by atoms with E-state index in [1.807, 2.05) is 25.1 Å². The lowest BCUT2D eigenvalue weighted by atomic mass is 10.2. The molecule has 2 aromatic rings. The molecule has 0 aliphatic heterocycles. The number of nitrogens with zero attached hydrogens (tertiary/aromatic N) is 3. The molecular formula is C14H18BrN5. The molecule has 0 saturated heterocycles.